The fourth-order valence-corrected chi connectivity index (χ4v) is 2.76. The van der Waals surface area contributed by atoms with E-state index in [4.69, 9.17) is 14.7 Å². The van der Waals surface area contributed by atoms with Crippen molar-refractivity contribution in [1.82, 2.24) is 10.6 Å². The van der Waals surface area contributed by atoms with Gasteiger partial charge in [0.2, 0.25) is 5.96 Å². The van der Waals surface area contributed by atoms with E-state index in [1.807, 2.05) is 0 Å². The van der Waals surface area contributed by atoms with Gasteiger partial charge < -0.3 is 14.8 Å². The molecule has 2 N–H and O–H groups in total. The SMILES string of the molecule is CN=C(NC#N)N[C@@H]1c2cc(C#N)ccc2OC(C)(C)[C@H]1OC(C)=O. The van der Waals surface area contributed by atoms with E-state index in [2.05, 4.69) is 21.7 Å². The minimum Gasteiger partial charge on any atom is -0.484 e. The van der Waals surface area contributed by atoms with Crippen LogP contribution in [0.25, 0.3) is 0 Å². The molecule has 0 saturated carbocycles. The van der Waals surface area contributed by atoms with Gasteiger partial charge in [0.25, 0.3) is 0 Å². The van der Waals surface area contributed by atoms with Crippen LogP contribution in [-0.4, -0.2) is 30.7 Å². The van der Waals surface area contributed by atoms with Crippen LogP contribution in [0.2, 0.25) is 0 Å². The van der Waals surface area contributed by atoms with Crippen molar-refractivity contribution in [3.8, 4) is 18.0 Å². The number of nitrogens with zero attached hydrogens (tertiary/aromatic N) is 3. The van der Waals surface area contributed by atoms with Crippen molar-refractivity contribution in [3.05, 3.63) is 29.3 Å². The van der Waals surface area contributed by atoms with E-state index in [0.29, 0.717) is 16.9 Å². The first kappa shape index (κ1) is 18.1. The minimum atomic E-state index is -0.837. The number of fused-ring (bicyclic) bond motifs is 1. The first-order valence-corrected chi connectivity index (χ1v) is 7.61. The molecule has 0 amide bonds. The first-order valence-electron chi connectivity index (χ1n) is 7.61. The number of guanidine groups is 1. The second kappa shape index (κ2) is 7.10. The van der Waals surface area contributed by atoms with Gasteiger partial charge in [-0.2, -0.15) is 10.5 Å². The maximum Gasteiger partial charge on any atom is 0.303 e. The van der Waals surface area contributed by atoms with Gasteiger partial charge >= 0.3 is 5.97 Å². The molecule has 1 aromatic rings. The van der Waals surface area contributed by atoms with Gasteiger partial charge in [0.05, 0.1) is 17.7 Å². The Morgan fingerprint density at radius 2 is 2.12 bits per heavy atom. The van der Waals surface area contributed by atoms with Crippen molar-refractivity contribution in [1.29, 1.82) is 10.5 Å². The molecule has 0 unspecified atom stereocenters. The first-order chi connectivity index (χ1) is 11.8. The molecule has 2 atom stereocenters. The van der Waals surface area contributed by atoms with Crippen LogP contribution in [-0.2, 0) is 9.53 Å². The second-order valence-corrected chi connectivity index (χ2v) is 6.03. The van der Waals surface area contributed by atoms with Crippen molar-refractivity contribution >= 4 is 11.9 Å². The predicted molar refractivity (Wildman–Crippen MR) is 89.4 cm³/mol. The van der Waals surface area contributed by atoms with Crippen LogP contribution in [0.1, 0.15) is 37.9 Å². The molecule has 8 heteroatoms. The summed E-state index contributed by atoms with van der Waals surface area (Å²) in [6.45, 7) is 4.92. The molecule has 0 aromatic heterocycles. The number of carbonyl (C=O) groups is 1. The van der Waals surface area contributed by atoms with Crippen LogP contribution in [0.4, 0.5) is 0 Å². The number of hydrogen-bond donors (Lipinski definition) is 2. The summed E-state index contributed by atoms with van der Waals surface area (Å²) in [6.07, 6.45) is 1.09. The van der Waals surface area contributed by atoms with Gasteiger partial charge in [0, 0.05) is 19.5 Å². The molecule has 1 aliphatic rings. The van der Waals surface area contributed by atoms with Crippen LogP contribution < -0.4 is 15.4 Å². The summed E-state index contributed by atoms with van der Waals surface area (Å²) in [5.74, 6) is 0.324. The summed E-state index contributed by atoms with van der Waals surface area (Å²) in [4.78, 5) is 15.6. The molecule has 130 valence electrons. The van der Waals surface area contributed by atoms with Crippen LogP contribution >= 0.6 is 0 Å². The van der Waals surface area contributed by atoms with Gasteiger partial charge in [-0.25, -0.2) is 0 Å². The highest BCUT2D eigenvalue weighted by molar-refractivity contribution is 5.82. The summed E-state index contributed by atoms with van der Waals surface area (Å²) in [6, 6.07) is 6.54. The molecule has 1 aromatic carbocycles. The van der Waals surface area contributed by atoms with E-state index in [-0.39, 0.29) is 5.96 Å². The molecule has 1 aliphatic heterocycles. The van der Waals surface area contributed by atoms with Gasteiger partial charge in [-0.05, 0) is 32.0 Å². The van der Waals surface area contributed by atoms with Crippen molar-refractivity contribution < 1.29 is 14.3 Å². The topological polar surface area (TPSA) is 120 Å². The van der Waals surface area contributed by atoms with Crippen molar-refractivity contribution in [2.75, 3.05) is 7.05 Å². The van der Waals surface area contributed by atoms with Gasteiger partial charge in [-0.15, -0.1) is 0 Å². The molecule has 0 bridgehead atoms. The third-order valence-corrected chi connectivity index (χ3v) is 3.82. The molecule has 2 rings (SSSR count). The average molecular weight is 341 g/mol. The van der Waals surface area contributed by atoms with E-state index < -0.39 is 23.7 Å². The lowest BCUT2D eigenvalue weighted by atomic mass is 9.85. The normalized spacial score (nSPS) is 21.0. The van der Waals surface area contributed by atoms with Gasteiger partial charge in [0.1, 0.15) is 11.4 Å². The molecular weight excluding hydrogens is 322 g/mol. The molecule has 8 nitrogen and oxygen atoms in total. The number of esters is 1. The van der Waals surface area contributed by atoms with Crippen molar-refractivity contribution in [2.45, 2.75) is 38.5 Å². The van der Waals surface area contributed by atoms with Crippen LogP contribution in [0, 0.1) is 22.8 Å². The molecular formula is C17H19N5O3. The second-order valence-electron chi connectivity index (χ2n) is 6.03. The summed E-state index contributed by atoms with van der Waals surface area (Å²) < 4.78 is 11.5. The Kier molecular flexibility index (Phi) is 5.14. The van der Waals surface area contributed by atoms with Crippen LogP contribution in [0.3, 0.4) is 0 Å². The van der Waals surface area contributed by atoms with E-state index in [1.54, 1.807) is 38.2 Å². The number of hydrogen-bond acceptors (Lipinski definition) is 6. The fourth-order valence-electron chi connectivity index (χ4n) is 2.76. The lowest BCUT2D eigenvalue weighted by Gasteiger charge is -2.44. The van der Waals surface area contributed by atoms with Gasteiger partial charge in [-0.1, -0.05) is 0 Å². The number of nitrogens with one attached hydrogen (secondary N) is 2. The predicted octanol–water partition coefficient (Wildman–Crippen LogP) is 1.35. The smallest absolute Gasteiger partial charge is 0.303 e. The molecule has 0 saturated heterocycles. The Hall–Kier alpha value is -3.26. The van der Waals surface area contributed by atoms with E-state index in [9.17, 15) is 10.1 Å². The summed E-state index contributed by atoms with van der Waals surface area (Å²) in [5, 5.41) is 23.5. The van der Waals surface area contributed by atoms with E-state index in [0.717, 1.165) is 0 Å². The molecule has 1 heterocycles. The van der Waals surface area contributed by atoms with Crippen LogP contribution in [0.5, 0.6) is 5.75 Å². The molecule has 25 heavy (non-hydrogen) atoms. The van der Waals surface area contributed by atoms with Gasteiger partial charge in [0.15, 0.2) is 12.3 Å². The highest BCUT2D eigenvalue weighted by atomic mass is 16.6. The zero-order valence-electron chi connectivity index (χ0n) is 14.5. The maximum atomic E-state index is 11.6. The summed E-state index contributed by atoms with van der Waals surface area (Å²) in [5.41, 5.74) is 0.250. The Labute approximate surface area is 146 Å². The highest BCUT2D eigenvalue weighted by Crippen LogP contribution is 2.41. The summed E-state index contributed by atoms with van der Waals surface area (Å²) in [7, 11) is 1.52. The van der Waals surface area contributed by atoms with E-state index in [1.165, 1.54) is 14.0 Å². The molecule has 0 radical (unpaired) electrons. The van der Waals surface area contributed by atoms with Crippen molar-refractivity contribution in [3.63, 3.8) is 0 Å². The number of rotatable bonds is 2. The third-order valence-electron chi connectivity index (χ3n) is 3.82. The lowest BCUT2D eigenvalue weighted by Crippen LogP contribution is -2.56. The molecule has 0 aliphatic carbocycles. The standard InChI is InChI=1S/C17H19N5O3/c1-10(23)24-15-14(22-16(20-4)21-9-19)12-7-11(8-18)5-6-13(12)25-17(15,2)3/h5-7,14-15H,1-4H3,(H2,20,21,22)/t14-,15+/m1/s1. The van der Waals surface area contributed by atoms with Gasteiger partial charge in [-0.3, -0.25) is 15.1 Å². The highest BCUT2D eigenvalue weighted by Gasteiger charge is 2.46. The Morgan fingerprint density at radius 3 is 2.68 bits per heavy atom. The Morgan fingerprint density at radius 1 is 1.40 bits per heavy atom. The maximum absolute atomic E-state index is 11.6. The third kappa shape index (κ3) is 3.81. The minimum absolute atomic E-state index is 0.218. The number of nitriles is 2. The number of ether oxygens (including phenoxy) is 2. The van der Waals surface area contributed by atoms with E-state index >= 15 is 0 Å². The molecule has 0 spiro atoms. The quantitative estimate of drug-likeness (QED) is 0.274. The zero-order chi connectivity index (χ0) is 18.6. The fraction of sp³-hybridized carbons (Fsp3) is 0.412. The summed E-state index contributed by atoms with van der Waals surface area (Å²) >= 11 is 0. The average Bonchev–Trinajstić information content (AvgIpc) is 2.56. The molecule has 0 fully saturated rings. The number of carbonyl (C=O) groups excluding carboxylic acids is 1. The Bertz CT molecular complexity index is 788. The monoisotopic (exact) mass is 341 g/mol. The lowest BCUT2D eigenvalue weighted by molar-refractivity contribution is -0.162. The largest absolute Gasteiger partial charge is 0.484 e. The van der Waals surface area contributed by atoms with Crippen LogP contribution in [0.15, 0.2) is 23.2 Å². The number of benzene rings is 1. The number of aliphatic imine (C=N–C) groups is 1. The Balaban J connectivity index is 2.55. The van der Waals surface area contributed by atoms with Crippen molar-refractivity contribution in [2.24, 2.45) is 4.99 Å². The zero-order valence-corrected chi connectivity index (χ0v) is 14.5.